The van der Waals surface area contributed by atoms with Gasteiger partial charge >= 0.3 is 5.97 Å². The van der Waals surface area contributed by atoms with Crippen molar-refractivity contribution in [3.8, 4) is 11.5 Å². The average Bonchev–Trinajstić information content (AvgIpc) is 3.20. The van der Waals surface area contributed by atoms with E-state index in [1.807, 2.05) is 0 Å². The Bertz CT molecular complexity index is 714. The third kappa shape index (κ3) is 7.29. The van der Waals surface area contributed by atoms with Crippen molar-refractivity contribution in [2.75, 3.05) is 20.4 Å². The summed E-state index contributed by atoms with van der Waals surface area (Å²) < 4.78 is 16.0. The second-order valence-electron chi connectivity index (χ2n) is 6.81. The van der Waals surface area contributed by atoms with Crippen LogP contribution in [0.15, 0.2) is 18.2 Å². The maximum absolute atomic E-state index is 12.8. The third-order valence-corrected chi connectivity index (χ3v) is 4.78. The van der Waals surface area contributed by atoms with E-state index >= 15 is 0 Å². The lowest BCUT2D eigenvalue weighted by Crippen LogP contribution is -2.46. The quantitative estimate of drug-likeness (QED) is 0.162. The SMILES string of the molecule is CC(OC(=O)C(N)CCCCN)N(C)C(C)C(=O)c1ccc2c(c1)OCO2.O=CO. The number of benzene rings is 1. The molecule has 1 aromatic rings. The maximum atomic E-state index is 12.8. The zero-order chi connectivity index (χ0) is 22.7. The molecule has 0 amide bonds. The molecule has 0 spiro atoms. The number of unbranched alkanes of at least 4 members (excludes halogenated alkanes) is 1. The van der Waals surface area contributed by atoms with E-state index in [4.69, 9.17) is 35.6 Å². The first-order chi connectivity index (χ1) is 14.3. The van der Waals surface area contributed by atoms with Crippen molar-refractivity contribution in [2.45, 2.75) is 51.4 Å². The Labute approximate surface area is 176 Å². The van der Waals surface area contributed by atoms with Crippen LogP contribution < -0.4 is 20.9 Å². The predicted molar refractivity (Wildman–Crippen MR) is 109 cm³/mol. The number of rotatable bonds is 10. The Morgan fingerprint density at radius 2 is 1.90 bits per heavy atom. The standard InChI is InChI=1S/C19H29N3O5.CH2O2/c1-12(18(23)14-7-8-16-17(10-14)26-11-25-16)22(3)13(2)27-19(24)15(21)6-4-5-9-20;2-1-3/h7-8,10,12-13,15H,4-6,9,11,20-21H2,1-3H3;1H,(H,2,3). The van der Waals surface area contributed by atoms with Crippen molar-refractivity contribution in [1.82, 2.24) is 4.90 Å². The largest absolute Gasteiger partial charge is 0.483 e. The lowest BCUT2D eigenvalue weighted by molar-refractivity contribution is -0.159. The summed E-state index contributed by atoms with van der Waals surface area (Å²) >= 11 is 0. The molecule has 168 valence electrons. The van der Waals surface area contributed by atoms with E-state index in [-0.39, 0.29) is 19.0 Å². The summed E-state index contributed by atoms with van der Waals surface area (Å²) in [5.41, 5.74) is 11.8. The van der Waals surface area contributed by atoms with Gasteiger partial charge in [-0.2, -0.15) is 0 Å². The third-order valence-electron chi connectivity index (χ3n) is 4.78. The first-order valence-corrected chi connectivity index (χ1v) is 9.66. The fraction of sp³-hybridized carbons (Fsp3) is 0.550. The molecule has 2 rings (SSSR count). The lowest BCUT2D eigenvalue weighted by atomic mass is 10.0. The molecular formula is C20H31N3O7. The van der Waals surface area contributed by atoms with Crippen molar-refractivity contribution < 1.29 is 33.7 Å². The zero-order valence-electron chi connectivity index (χ0n) is 17.6. The van der Waals surface area contributed by atoms with E-state index in [9.17, 15) is 9.59 Å². The number of Topliss-reactive ketones (excluding diaryl/α,β-unsaturated/α-hetero) is 1. The minimum Gasteiger partial charge on any atom is -0.483 e. The summed E-state index contributed by atoms with van der Waals surface area (Å²) in [5.74, 6) is 0.595. The van der Waals surface area contributed by atoms with Crippen LogP contribution in [0.5, 0.6) is 11.5 Å². The van der Waals surface area contributed by atoms with Gasteiger partial charge in [-0.25, -0.2) is 0 Å². The van der Waals surface area contributed by atoms with Gasteiger partial charge in [0.25, 0.3) is 6.47 Å². The molecule has 5 N–H and O–H groups in total. The molecule has 1 aliphatic rings. The van der Waals surface area contributed by atoms with Crippen LogP contribution in [0.4, 0.5) is 0 Å². The number of nitrogens with two attached hydrogens (primary N) is 2. The molecule has 0 bridgehead atoms. The number of carbonyl (C=O) groups excluding carboxylic acids is 2. The fourth-order valence-electron chi connectivity index (χ4n) is 2.76. The molecule has 0 radical (unpaired) electrons. The monoisotopic (exact) mass is 425 g/mol. The van der Waals surface area contributed by atoms with E-state index in [2.05, 4.69) is 0 Å². The summed E-state index contributed by atoms with van der Waals surface area (Å²) in [6.07, 6.45) is 1.53. The zero-order valence-corrected chi connectivity index (χ0v) is 17.6. The van der Waals surface area contributed by atoms with Gasteiger partial charge in [-0.05, 0) is 58.5 Å². The summed E-state index contributed by atoms with van der Waals surface area (Å²) in [4.78, 5) is 34.9. The number of carbonyl (C=O) groups is 3. The molecule has 10 nitrogen and oxygen atoms in total. The highest BCUT2D eigenvalue weighted by molar-refractivity contribution is 6.00. The molecule has 0 fully saturated rings. The second-order valence-corrected chi connectivity index (χ2v) is 6.81. The molecule has 10 heteroatoms. The van der Waals surface area contributed by atoms with Crippen molar-refractivity contribution in [3.05, 3.63) is 23.8 Å². The average molecular weight is 425 g/mol. The van der Waals surface area contributed by atoms with Crippen molar-refractivity contribution in [1.29, 1.82) is 0 Å². The van der Waals surface area contributed by atoms with E-state index < -0.39 is 24.3 Å². The summed E-state index contributed by atoms with van der Waals surface area (Å²) in [6, 6.07) is 3.89. The van der Waals surface area contributed by atoms with Gasteiger partial charge in [0.05, 0.1) is 6.04 Å². The van der Waals surface area contributed by atoms with Gasteiger partial charge in [-0.3, -0.25) is 19.3 Å². The highest BCUT2D eigenvalue weighted by Gasteiger charge is 2.28. The molecular weight excluding hydrogens is 394 g/mol. The first kappa shape index (κ1) is 25.3. The van der Waals surface area contributed by atoms with E-state index in [1.165, 1.54) is 0 Å². The van der Waals surface area contributed by atoms with Crippen LogP contribution in [0, 0.1) is 0 Å². The van der Waals surface area contributed by atoms with Crippen molar-refractivity contribution >= 4 is 18.2 Å². The normalized spacial score (nSPS) is 14.9. The topological polar surface area (TPSA) is 154 Å². The molecule has 0 aromatic heterocycles. The maximum Gasteiger partial charge on any atom is 0.324 e. The minimum atomic E-state index is -0.688. The van der Waals surface area contributed by atoms with Crippen LogP contribution >= 0.6 is 0 Å². The molecule has 30 heavy (non-hydrogen) atoms. The summed E-state index contributed by atoms with van der Waals surface area (Å²) in [7, 11) is 1.73. The van der Waals surface area contributed by atoms with E-state index in [0.29, 0.717) is 30.0 Å². The molecule has 1 aromatic carbocycles. The Kier molecular flexibility index (Phi) is 10.8. The van der Waals surface area contributed by atoms with E-state index in [1.54, 1.807) is 44.0 Å². The molecule has 0 saturated carbocycles. The Morgan fingerprint density at radius 1 is 1.27 bits per heavy atom. The number of ketones is 1. The molecule has 3 atom stereocenters. The van der Waals surface area contributed by atoms with Gasteiger partial charge in [0.2, 0.25) is 6.79 Å². The number of fused-ring (bicyclic) bond motifs is 1. The highest BCUT2D eigenvalue weighted by atomic mass is 16.7. The predicted octanol–water partition coefficient (Wildman–Crippen LogP) is 0.965. The number of hydrogen-bond acceptors (Lipinski definition) is 9. The van der Waals surface area contributed by atoms with Crippen molar-refractivity contribution in [2.24, 2.45) is 11.5 Å². The number of esters is 1. The number of hydrogen-bond donors (Lipinski definition) is 3. The molecule has 3 unspecified atom stereocenters. The van der Waals surface area contributed by atoms with Gasteiger partial charge in [-0.15, -0.1) is 0 Å². The van der Waals surface area contributed by atoms with E-state index in [0.717, 1.165) is 12.8 Å². The van der Waals surface area contributed by atoms with Crippen LogP contribution in [-0.2, 0) is 14.3 Å². The van der Waals surface area contributed by atoms with Crippen LogP contribution in [-0.4, -0.2) is 66.9 Å². The van der Waals surface area contributed by atoms with Crippen LogP contribution in [0.3, 0.4) is 0 Å². The van der Waals surface area contributed by atoms with Gasteiger partial charge < -0.3 is 30.8 Å². The number of likely N-dealkylation sites (N-methyl/N-ethyl adjacent to an activating group) is 1. The van der Waals surface area contributed by atoms with Gasteiger partial charge in [-0.1, -0.05) is 6.42 Å². The van der Waals surface area contributed by atoms with Crippen LogP contribution in [0.2, 0.25) is 0 Å². The Hall–Kier alpha value is -2.69. The number of carboxylic acid groups (broad SMARTS) is 1. The second kappa shape index (κ2) is 12.8. The van der Waals surface area contributed by atoms with Crippen molar-refractivity contribution in [3.63, 3.8) is 0 Å². The number of nitrogens with zero attached hydrogens (tertiary/aromatic N) is 1. The molecule has 0 aliphatic carbocycles. The smallest absolute Gasteiger partial charge is 0.324 e. The fourth-order valence-corrected chi connectivity index (χ4v) is 2.76. The first-order valence-electron chi connectivity index (χ1n) is 9.66. The molecule has 0 saturated heterocycles. The lowest BCUT2D eigenvalue weighted by Gasteiger charge is -2.30. The Morgan fingerprint density at radius 3 is 2.53 bits per heavy atom. The van der Waals surface area contributed by atoms with Crippen LogP contribution in [0.1, 0.15) is 43.5 Å². The summed E-state index contributed by atoms with van der Waals surface area (Å²) in [5, 5.41) is 6.89. The minimum absolute atomic E-state index is 0.106. The Balaban J connectivity index is 0.00000141. The summed E-state index contributed by atoms with van der Waals surface area (Å²) in [6.45, 7) is 3.95. The molecule has 1 heterocycles. The number of ether oxygens (including phenoxy) is 3. The highest BCUT2D eigenvalue weighted by Crippen LogP contribution is 2.33. The molecule has 1 aliphatic heterocycles. The van der Waals surface area contributed by atoms with Gasteiger partial charge in [0.15, 0.2) is 23.5 Å². The van der Waals surface area contributed by atoms with Gasteiger partial charge in [0, 0.05) is 5.56 Å². The van der Waals surface area contributed by atoms with Crippen LogP contribution in [0.25, 0.3) is 0 Å². The van der Waals surface area contributed by atoms with Gasteiger partial charge in [0.1, 0.15) is 6.04 Å².